The Morgan fingerprint density at radius 1 is 1.24 bits per heavy atom. The number of likely N-dealkylation sites (N-methyl/N-ethyl adjacent to an activating group) is 1. The number of hydrogen-bond donors (Lipinski definition) is 1. The van der Waals surface area contributed by atoms with Gasteiger partial charge < -0.3 is 15.2 Å². The summed E-state index contributed by atoms with van der Waals surface area (Å²) in [7, 11) is 2.13. The van der Waals surface area contributed by atoms with E-state index in [0.29, 0.717) is 19.3 Å². The van der Waals surface area contributed by atoms with Crippen LogP contribution in [0.25, 0.3) is 0 Å². The predicted molar refractivity (Wildman–Crippen MR) is 88.6 cm³/mol. The maximum atomic E-state index is 5.86. The van der Waals surface area contributed by atoms with Crippen LogP contribution in [0.5, 0.6) is 11.5 Å². The van der Waals surface area contributed by atoms with Gasteiger partial charge in [0.15, 0.2) is 11.5 Å². The van der Waals surface area contributed by atoms with E-state index in [1.54, 1.807) is 0 Å². The van der Waals surface area contributed by atoms with Crippen molar-refractivity contribution >= 4 is 12.4 Å². The third-order valence-corrected chi connectivity index (χ3v) is 3.82. The minimum atomic E-state index is 0. The van der Waals surface area contributed by atoms with Gasteiger partial charge >= 0.3 is 0 Å². The molecule has 4 nitrogen and oxygen atoms in total. The second-order valence-corrected chi connectivity index (χ2v) is 5.35. The highest BCUT2D eigenvalue weighted by Gasteiger charge is 2.32. The van der Waals surface area contributed by atoms with Crippen LogP contribution in [-0.2, 0) is 0 Å². The Balaban J connectivity index is 0.00000220. The summed E-state index contributed by atoms with van der Waals surface area (Å²) < 4.78 is 11.4. The molecule has 1 aliphatic carbocycles. The summed E-state index contributed by atoms with van der Waals surface area (Å²) in [6.07, 6.45) is 2.64. The van der Waals surface area contributed by atoms with Gasteiger partial charge in [0, 0.05) is 19.1 Å². The largest absolute Gasteiger partial charge is 0.490 e. The number of nitrogens with zero attached hydrogens (tertiary/aromatic N) is 1. The normalized spacial score (nSPS) is 15.4. The number of benzene rings is 1. The van der Waals surface area contributed by atoms with Crippen LogP contribution in [0.4, 0.5) is 0 Å². The van der Waals surface area contributed by atoms with Crippen LogP contribution in [0.1, 0.15) is 19.8 Å². The number of para-hydroxylation sites is 2. The summed E-state index contributed by atoms with van der Waals surface area (Å²) in [5.41, 5.74) is 5.86. The Labute approximate surface area is 134 Å². The first-order chi connectivity index (χ1) is 9.76. The number of hydrogen-bond acceptors (Lipinski definition) is 4. The van der Waals surface area contributed by atoms with Gasteiger partial charge in [-0.2, -0.15) is 0 Å². The first kappa shape index (κ1) is 18.1. The van der Waals surface area contributed by atoms with E-state index in [-0.39, 0.29) is 12.4 Å². The van der Waals surface area contributed by atoms with Crippen molar-refractivity contribution in [2.24, 2.45) is 11.7 Å². The first-order valence-corrected chi connectivity index (χ1v) is 7.51. The fourth-order valence-corrected chi connectivity index (χ4v) is 2.52. The molecule has 1 atom stereocenters. The van der Waals surface area contributed by atoms with Crippen molar-refractivity contribution in [3.8, 4) is 11.5 Å². The minimum Gasteiger partial charge on any atom is -0.490 e. The standard InChI is InChI=1S/C16H26N2O2.ClH/c1-3-19-15-6-4-5-7-16(15)20-11-10-18(2)14(12-17)13-8-9-13;/h4-7,13-14H,3,8-12,17H2,1-2H3;1H. The molecule has 0 heterocycles. The number of rotatable bonds is 9. The van der Waals surface area contributed by atoms with Gasteiger partial charge in [0.05, 0.1) is 6.61 Å². The van der Waals surface area contributed by atoms with Crippen LogP contribution in [0, 0.1) is 5.92 Å². The van der Waals surface area contributed by atoms with Crippen molar-refractivity contribution in [2.75, 3.05) is 33.4 Å². The molecule has 0 bridgehead atoms. The Kier molecular flexibility index (Phi) is 7.86. The molecule has 2 N–H and O–H groups in total. The van der Waals surface area contributed by atoms with Crippen molar-refractivity contribution in [3.05, 3.63) is 24.3 Å². The average molecular weight is 315 g/mol. The summed E-state index contributed by atoms with van der Waals surface area (Å²) in [4.78, 5) is 2.32. The van der Waals surface area contributed by atoms with Gasteiger partial charge in [-0.05, 0) is 44.9 Å². The molecule has 1 aromatic rings. The third-order valence-electron chi connectivity index (χ3n) is 3.82. The summed E-state index contributed by atoms with van der Waals surface area (Å²) in [6, 6.07) is 8.32. The molecule has 2 rings (SSSR count). The van der Waals surface area contributed by atoms with Crippen molar-refractivity contribution < 1.29 is 9.47 Å². The molecular formula is C16H27ClN2O2. The molecule has 5 heteroatoms. The average Bonchev–Trinajstić information content (AvgIpc) is 3.26. The molecule has 21 heavy (non-hydrogen) atoms. The number of halogens is 1. The number of ether oxygens (including phenoxy) is 2. The summed E-state index contributed by atoms with van der Waals surface area (Å²) in [5.74, 6) is 2.43. The summed E-state index contributed by atoms with van der Waals surface area (Å²) >= 11 is 0. The smallest absolute Gasteiger partial charge is 0.161 e. The van der Waals surface area contributed by atoms with E-state index in [9.17, 15) is 0 Å². The van der Waals surface area contributed by atoms with Crippen LogP contribution in [-0.4, -0.2) is 44.3 Å². The lowest BCUT2D eigenvalue weighted by Gasteiger charge is -2.26. The van der Waals surface area contributed by atoms with E-state index in [2.05, 4.69) is 11.9 Å². The fourth-order valence-electron chi connectivity index (χ4n) is 2.52. The van der Waals surface area contributed by atoms with Crippen molar-refractivity contribution in [2.45, 2.75) is 25.8 Å². The van der Waals surface area contributed by atoms with Gasteiger partial charge in [-0.25, -0.2) is 0 Å². The lowest BCUT2D eigenvalue weighted by atomic mass is 10.1. The monoisotopic (exact) mass is 314 g/mol. The second-order valence-electron chi connectivity index (χ2n) is 5.35. The SMILES string of the molecule is CCOc1ccccc1OCCN(C)C(CN)C1CC1.Cl. The minimum absolute atomic E-state index is 0. The Morgan fingerprint density at radius 2 is 1.86 bits per heavy atom. The zero-order valence-electron chi connectivity index (χ0n) is 13.0. The molecule has 1 aromatic carbocycles. The van der Waals surface area contributed by atoms with Gasteiger partial charge in [0.1, 0.15) is 6.61 Å². The molecule has 0 aliphatic heterocycles. The molecule has 1 fully saturated rings. The topological polar surface area (TPSA) is 47.7 Å². The molecule has 1 saturated carbocycles. The molecule has 0 spiro atoms. The third kappa shape index (κ3) is 5.38. The van der Waals surface area contributed by atoms with Gasteiger partial charge in [-0.15, -0.1) is 12.4 Å². The van der Waals surface area contributed by atoms with E-state index in [0.717, 1.165) is 30.5 Å². The maximum Gasteiger partial charge on any atom is 0.161 e. The highest BCUT2D eigenvalue weighted by Crippen LogP contribution is 2.34. The Bertz CT molecular complexity index is 413. The van der Waals surface area contributed by atoms with E-state index < -0.39 is 0 Å². The molecule has 0 saturated heterocycles. The molecule has 1 aliphatic rings. The van der Waals surface area contributed by atoms with E-state index in [4.69, 9.17) is 15.2 Å². The van der Waals surface area contributed by atoms with Crippen molar-refractivity contribution in [1.29, 1.82) is 0 Å². The van der Waals surface area contributed by atoms with E-state index in [1.165, 1.54) is 12.8 Å². The molecule has 0 aromatic heterocycles. The first-order valence-electron chi connectivity index (χ1n) is 7.51. The fraction of sp³-hybridized carbons (Fsp3) is 0.625. The summed E-state index contributed by atoms with van der Waals surface area (Å²) in [5, 5.41) is 0. The molecule has 1 unspecified atom stereocenters. The van der Waals surface area contributed by atoms with Crippen LogP contribution >= 0.6 is 12.4 Å². The van der Waals surface area contributed by atoms with Gasteiger partial charge in [-0.3, -0.25) is 4.90 Å². The molecular weight excluding hydrogens is 288 g/mol. The highest BCUT2D eigenvalue weighted by molar-refractivity contribution is 5.85. The quantitative estimate of drug-likeness (QED) is 0.761. The van der Waals surface area contributed by atoms with Crippen molar-refractivity contribution in [3.63, 3.8) is 0 Å². The van der Waals surface area contributed by atoms with Crippen LogP contribution in [0.3, 0.4) is 0 Å². The van der Waals surface area contributed by atoms with Crippen LogP contribution < -0.4 is 15.2 Å². The lowest BCUT2D eigenvalue weighted by Crippen LogP contribution is -2.41. The maximum absolute atomic E-state index is 5.86. The van der Waals surface area contributed by atoms with Gasteiger partial charge in [0.2, 0.25) is 0 Å². The molecule has 0 amide bonds. The molecule has 120 valence electrons. The highest BCUT2D eigenvalue weighted by atomic mass is 35.5. The van der Waals surface area contributed by atoms with E-state index in [1.807, 2.05) is 31.2 Å². The Morgan fingerprint density at radius 3 is 2.38 bits per heavy atom. The second kappa shape index (κ2) is 9.13. The van der Waals surface area contributed by atoms with E-state index >= 15 is 0 Å². The lowest BCUT2D eigenvalue weighted by molar-refractivity contribution is 0.176. The molecule has 0 radical (unpaired) electrons. The Hall–Kier alpha value is -0.970. The van der Waals surface area contributed by atoms with Crippen LogP contribution in [0.2, 0.25) is 0 Å². The van der Waals surface area contributed by atoms with Crippen molar-refractivity contribution in [1.82, 2.24) is 4.90 Å². The zero-order valence-corrected chi connectivity index (χ0v) is 13.8. The predicted octanol–water partition coefficient (Wildman–Crippen LogP) is 2.56. The van der Waals surface area contributed by atoms with Gasteiger partial charge in [0.25, 0.3) is 0 Å². The summed E-state index contributed by atoms with van der Waals surface area (Å²) in [6.45, 7) is 4.91. The number of nitrogens with two attached hydrogens (primary N) is 1. The zero-order chi connectivity index (χ0) is 14.4. The van der Waals surface area contributed by atoms with Gasteiger partial charge in [-0.1, -0.05) is 12.1 Å². The van der Waals surface area contributed by atoms with Crippen LogP contribution in [0.15, 0.2) is 24.3 Å².